The molecule has 0 radical (unpaired) electrons. The van der Waals surface area contributed by atoms with Gasteiger partial charge in [-0.1, -0.05) is 96.6 Å². The van der Waals surface area contributed by atoms with Crippen LogP contribution in [0.25, 0.3) is 0 Å². The lowest BCUT2D eigenvalue weighted by Crippen LogP contribution is -2.10. The van der Waals surface area contributed by atoms with E-state index in [-0.39, 0.29) is 5.82 Å². The van der Waals surface area contributed by atoms with Gasteiger partial charge in [0.25, 0.3) is 0 Å². The molecule has 0 N–H and O–H groups in total. The molecule has 0 bridgehead atoms. The molecule has 252 valence electrons. The normalized spacial score (nSPS) is 19.3. The minimum absolute atomic E-state index is 0.302. The van der Waals surface area contributed by atoms with Gasteiger partial charge in [-0.05, 0) is 150 Å². The van der Waals surface area contributed by atoms with Gasteiger partial charge in [0.1, 0.15) is 5.82 Å². The van der Waals surface area contributed by atoms with Crippen molar-refractivity contribution in [3.8, 4) is 47.4 Å². The molecule has 0 heterocycles. The quantitative estimate of drug-likeness (QED) is 0.165. The van der Waals surface area contributed by atoms with E-state index in [1.54, 1.807) is 6.07 Å². The van der Waals surface area contributed by atoms with Crippen LogP contribution in [0.3, 0.4) is 0 Å². The molecular formula is C49H49F. The Bertz CT molecular complexity index is 1980. The van der Waals surface area contributed by atoms with Crippen LogP contribution in [0, 0.1) is 97.6 Å². The lowest BCUT2D eigenvalue weighted by Gasteiger charge is -2.22. The molecule has 2 aliphatic rings. The Morgan fingerprint density at radius 2 is 0.860 bits per heavy atom. The molecule has 0 spiro atoms. The molecule has 50 heavy (non-hydrogen) atoms. The van der Waals surface area contributed by atoms with E-state index in [0.29, 0.717) is 17.4 Å². The Kier molecular flexibility index (Phi) is 13.2. The van der Waals surface area contributed by atoms with Crippen molar-refractivity contribution in [3.05, 3.63) is 141 Å². The second-order valence-electron chi connectivity index (χ2n) is 14.4. The van der Waals surface area contributed by atoms with Crippen LogP contribution in [-0.4, -0.2) is 0 Å². The summed E-state index contributed by atoms with van der Waals surface area (Å²) in [5, 5.41) is 0. The average molecular weight is 657 g/mol. The van der Waals surface area contributed by atoms with Crippen LogP contribution < -0.4 is 0 Å². The summed E-state index contributed by atoms with van der Waals surface area (Å²) in [5.74, 6) is 28.2. The topological polar surface area (TPSA) is 0 Å². The van der Waals surface area contributed by atoms with Crippen molar-refractivity contribution < 1.29 is 4.39 Å². The van der Waals surface area contributed by atoms with E-state index in [9.17, 15) is 4.39 Å². The van der Waals surface area contributed by atoms with Gasteiger partial charge in [0.15, 0.2) is 0 Å². The van der Waals surface area contributed by atoms with Crippen molar-refractivity contribution in [3.63, 3.8) is 0 Å². The number of aryl methyl sites for hydroxylation is 3. The first kappa shape index (κ1) is 36.3. The predicted molar refractivity (Wildman–Crippen MR) is 208 cm³/mol. The van der Waals surface area contributed by atoms with Gasteiger partial charge in [0, 0.05) is 39.7 Å². The third-order valence-corrected chi connectivity index (χ3v) is 9.85. The lowest BCUT2D eigenvalue weighted by atomic mass is 9.83. The van der Waals surface area contributed by atoms with E-state index >= 15 is 0 Å². The Hall–Kier alpha value is -4.95. The molecule has 2 fully saturated rings. The van der Waals surface area contributed by atoms with Gasteiger partial charge in [0.05, 0.1) is 5.56 Å². The van der Waals surface area contributed by atoms with Crippen molar-refractivity contribution >= 4 is 0 Å². The van der Waals surface area contributed by atoms with Gasteiger partial charge >= 0.3 is 0 Å². The van der Waals surface area contributed by atoms with E-state index in [4.69, 9.17) is 0 Å². The first-order valence-corrected chi connectivity index (χ1v) is 18.3. The maximum Gasteiger partial charge on any atom is 0.140 e. The number of hydrogen-bond donors (Lipinski definition) is 0. The zero-order valence-electron chi connectivity index (χ0n) is 30.4. The maximum atomic E-state index is 14.3. The molecule has 2 saturated carbocycles. The zero-order chi connectivity index (χ0) is 35.3. The summed E-state index contributed by atoms with van der Waals surface area (Å²) in [5.41, 5.74) is 8.94. The molecule has 0 atom stereocenters. The summed E-state index contributed by atoms with van der Waals surface area (Å²) in [6.07, 6.45) is 9.99. The highest BCUT2D eigenvalue weighted by atomic mass is 19.1. The van der Waals surface area contributed by atoms with Gasteiger partial charge in [-0.3, -0.25) is 0 Å². The van der Waals surface area contributed by atoms with Crippen LogP contribution in [-0.2, 0) is 0 Å². The summed E-state index contributed by atoms with van der Waals surface area (Å²) >= 11 is 0. The van der Waals surface area contributed by atoms with Gasteiger partial charge in [-0.15, -0.1) is 0 Å². The highest BCUT2D eigenvalue weighted by Gasteiger charge is 2.17. The first-order valence-electron chi connectivity index (χ1n) is 18.3. The van der Waals surface area contributed by atoms with Crippen molar-refractivity contribution in [1.82, 2.24) is 0 Å². The van der Waals surface area contributed by atoms with Crippen molar-refractivity contribution in [2.75, 3.05) is 0 Å². The SMILES string of the molecule is Cc1ccc(C#Cc2ccc(C#CC3CCC(C)CC3)c(C)c2)cc1.Cc1ccc(C#Cc2ccc(C#CC3CCC(C)CC3)cc2F)cc1. The van der Waals surface area contributed by atoms with Gasteiger partial charge in [0.2, 0.25) is 0 Å². The van der Waals surface area contributed by atoms with E-state index < -0.39 is 0 Å². The first-order chi connectivity index (χ1) is 24.2. The number of rotatable bonds is 0. The van der Waals surface area contributed by atoms with Crippen LogP contribution in [0.5, 0.6) is 0 Å². The molecule has 0 aliphatic heterocycles. The van der Waals surface area contributed by atoms with E-state index in [2.05, 4.69) is 118 Å². The molecule has 1 heteroatoms. The second-order valence-corrected chi connectivity index (χ2v) is 14.4. The minimum Gasteiger partial charge on any atom is -0.206 e. The minimum atomic E-state index is -0.302. The van der Waals surface area contributed by atoms with Crippen LogP contribution >= 0.6 is 0 Å². The largest absolute Gasteiger partial charge is 0.206 e. The fourth-order valence-electron chi connectivity index (χ4n) is 6.31. The molecule has 0 aromatic heterocycles. The number of benzene rings is 4. The lowest BCUT2D eigenvalue weighted by molar-refractivity contribution is 0.337. The third-order valence-electron chi connectivity index (χ3n) is 9.85. The molecule has 2 aliphatic carbocycles. The fraction of sp³-hybridized carbons (Fsp3) is 0.347. The third kappa shape index (κ3) is 11.6. The van der Waals surface area contributed by atoms with Crippen molar-refractivity contribution in [1.29, 1.82) is 0 Å². The molecule has 0 saturated heterocycles. The standard InChI is InChI=1S/C25H26.C24H23F/c1-19-4-8-22(9-5-19)12-13-24-15-17-25(21(3)18-24)16-14-23-10-6-20(2)7-11-23;1-18-3-7-20(8-4-18)11-12-22-14-16-23(24(25)17-22)15-13-21-9-5-19(2)6-10-21/h4-5,8-9,15,17-18,20,23H,6-7,10-11H2,1-3H3;5-6,9-10,14,16-18,20H,3-4,7-8H2,1-2H3. The summed E-state index contributed by atoms with van der Waals surface area (Å²) in [7, 11) is 0. The van der Waals surface area contributed by atoms with Crippen LogP contribution in [0.15, 0.2) is 84.9 Å². The Morgan fingerprint density at radius 3 is 1.36 bits per heavy atom. The molecule has 4 aromatic carbocycles. The highest BCUT2D eigenvalue weighted by molar-refractivity contribution is 5.50. The summed E-state index contributed by atoms with van der Waals surface area (Å²) in [6, 6.07) is 27.7. The summed E-state index contributed by atoms with van der Waals surface area (Å²) < 4.78 is 14.3. The fourth-order valence-corrected chi connectivity index (χ4v) is 6.31. The van der Waals surface area contributed by atoms with Crippen LogP contribution in [0.1, 0.15) is 115 Å². The molecule has 6 rings (SSSR count). The molecular weight excluding hydrogens is 608 g/mol. The smallest absolute Gasteiger partial charge is 0.140 e. The van der Waals surface area contributed by atoms with E-state index in [1.165, 1.54) is 61.3 Å². The maximum absolute atomic E-state index is 14.3. The van der Waals surface area contributed by atoms with Gasteiger partial charge in [-0.2, -0.15) is 0 Å². The molecule has 0 amide bonds. The Balaban J connectivity index is 0.000000194. The van der Waals surface area contributed by atoms with E-state index in [1.807, 2.05) is 37.3 Å². The number of halogens is 1. The molecule has 0 unspecified atom stereocenters. The highest BCUT2D eigenvalue weighted by Crippen LogP contribution is 2.28. The van der Waals surface area contributed by atoms with Gasteiger partial charge < -0.3 is 0 Å². The molecule has 4 aromatic rings. The molecule has 0 nitrogen and oxygen atoms in total. The zero-order valence-corrected chi connectivity index (χ0v) is 30.4. The number of hydrogen-bond acceptors (Lipinski definition) is 0. The van der Waals surface area contributed by atoms with Crippen LogP contribution in [0.4, 0.5) is 4.39 Å². The van der Waals surface area contributed by atoms with Crippen molar-refractivity contribution in [2.45, 2.75) is 86.0 Å². The average Bonchev–Trinajstić information content (AvgIpc) is 3.12. The van der Waals surface area contributed by atoms with Crippen LogP contribution in [0.2, 0.25) is 0 Å². The second kappa shape index (κ2) is 18.2. The van der Waals surface area contributed by atoms with Gasteiger partial charge in [-0.25, -0.2) is 4.39 Å². The summed E-state index contributed by atoms with van der Waals surface area (Å²) in [6.45, 7) is 10.9. The predicted octanol–water partition coefficient (Wildman–Crippen LogP) is 11.6. The Morgan fingerprint density at radius 1 is 0.440 bits per heavy atom. The van der Waals surface area contributed by atoms with E-state index in [0.717, 1.165) is 52.5 Å². The Labute approximate surface area is 301 Å². The summed E-state index contributed by atoms with van der Waals surface area (Å²) in [4.78, 5) is 0. The van der Waals surface area contributed by atoms with Crippen molar-refractivity contribution in [2.24, 2.45) is 23.7 Å². The monoisotopic (exact) mass is 656 g/mol.